The number of aliphatic imine (C=N–C) groups is 1. The monoisotopic (exact) mass is 296 g/mol. The molecule has 0 amide bonds. The van der Waals surface area contributed by atoms with Crippen molar-refractivity contribution in [3.63, 3.8) is 0 Å². The second kappa shape index (κ2) is 9.29. The maximum Gasteiger partial charge on any atom is 0.193 e. The highest BCUT2D eigenvalue weighted by atomic mass is 15.3. The van der Waals surface area contributed by atoms with Gasteiger partial charge in [-0.2, -0.15) is 0 Å². The Balaban J connectivity index is 2.06. The van der Waals surface area contributed by atoms with Crippen LogP contribution in [0.5, 0.6) is 0 Å². The van der Waals surface area contributed by atoms with Gasteiger partial charge in [-0.25, -0.2) is 0 Å². The highest BCUT2D eigenvalue weighted by molar-refractivity contribution is 5.80. The van der Waals surface area contributed by atoms with Gasteiger partial charge in [-0.05, 0) is 45.3 Å². The van der Waals surface area contributed by atoms with Crippen molar-refractivity contribution in [1.82, 2.24) is 15.1 Å². The molecule has 0 bridgehead atoms. The van der Waals surface area contributed by atoms with Gasteiger partial charge in [-0.15, -0.1) is 0 Å². The molecule has 0 saturated carbocycles. The molecule has 4 nitrogen and oxygen atoms in total. The Bertz CT molecular complexity index is 310. The molecule has 1 N–H and O–H groups in total. The number of rotatable bonds is 8. The van der Waals surface area contributed by atoms with Crippen LogP contribution in [0.4, 0.5) is 0 Å². The predicted octanol–water partition coefficient (Wildman–Crippen LogP) is 2.81. The SMILES string of the molecule is CN=C(NCCCCCCCN(C)C)N1CCC(C)(C)C1. The Labute approximate surface area is 132 Å². The summed E-state index contributed by atoms with van der Waals surface area (Å²) in [5.41, 5.74) is 0.435. The minimum Gasteiger partial charge on any atom is -0.356 e. The van der Waals surface area contributed by atoms with Crippen LogP contribution in [-0.2, 0) is 0 Å². The average molecular weight is 297 g/mol. The molecule has 4 heteroatoms. The number of guanidine groups is 1. The van der Waals surface area contributed by atoms with Crippen molar-refractivity contribution in [2.24, 2.45) is 10.4 Å². The average Bonchev–Trinajstić information content (AvgIpc) is 2.77. The van der Waals surface area contributed by atoms with Gasteiger partial charge in [0.05, 0.1) is 0 Å². The van der Waals surface area contributed by atoms with E-state index < -0.39 is 0 Å². The summed E-state index contributed by atoms with van der Waals surface area (Å²) in [7, 11) is 6.19. The first-order valence-electron chi connectivity index (χ1n) is 8.55. The first kappa shape index (κ1) is 18.3. The number of hydrogen-bond acceptors (Lipinski definition) is 2. The number of unbranched alkanes of at least 4 members (excludes halogenated alkanes) is 4. The fourth-order valence-electron chi connectivity index (χ4n) is 2.91. The molecular weight excluding hydrogens is 260 g/mol. The predicted molar refractivity (Wildman–Crippen MR) is 93.0 cm³/mol. The van der Waals surface area contributed by atoms with Crippen molar-refractivity contribution in [2.75, 3.05) is 47.3 Å². The van der Waals surface area contributed by atoms with E-state index in [0.29, 0.717) is 5.41 Å². The van der Waals surface area contributed by atoms with Gasteiger partial charge in [0.2, 0.25) is 0 Å². The fraction of sp³-hybridized carbons (Fsp3) is 0.941. The summed E-state index contributed by atoms with van der Waals surface area (Å²) in [6.07, 6.45) is 7.86. The smallest absolute Gasteiger partial charge is 0.193 e. The van der Waals surface area contributed by atoms with E-state index in [1.807, 2.05) is 7.05 Å². The minimum atomic E-state index is 0.435. The van der Waals surface area contributed by atoms with E-state index in [0.717, 1.165) is 25.6 Å². The Morgan fingerprint density at radius 1 is 1.14 bits per heavy atom. The number of nitrogens with one attached hydrogen (secondary N) is 1. The molecule has 1 heterocycles. The largest absolute Gasteiger partial charge is 0.356 e. The topological polar surface area (TPSA) is 30.9 Å². The zero-order chi connectivity index (χ0) is 15.7. The molecule has 124 valence electrons. The van der Waals surface area contributed by atoms with Crippen molar-refractivity contribution in [3.05, 3.63) is 0 Å². The first-order chi connectivity index (χ1) is 9.94. The Morgan fingerprint density at radius 3 is 2.38 bits per heavy atom. The molecule has 0 aromatic rings. The molecule has 0 unspecified atom stereocenters. The molecule has 0 aromatic heterocycles. The Hall–Kier alpha value is -0.770. The van der Waals surface area contributed by atoms with Gasteiger partial charge >= 0.3 is 0 Å². The van der Waals surface area contributed by atoms with E-state index >= 15 is 0 Å². The maximum atomic E-state index is 4.43. The highest BCUT2D eigenvalue weighted by Crippen LogP contribution is 2.28. The molecule has 0 aromatic carbocycles. The molecule has 1 saturated heterocycles. The third kappa shape index (κ3) is 7.70. The van der Waals surface area contributed by atoms with E-state index in [1.54, 1.807) is 0 Å². The summed E-state index contributed by atoms with van der Waals surface area (Å²) in [6, 6.07) is 0. The first-order valence-corrected chi connectivity index (χ1v) is 8.55. The molecule has 1 aliphatic heterocycles. The summed E-state index contributed by atoms with van der Waals surface area (Å²) in [6.45, 7) is 9.21. The number of nitrogens with zero attached hydrogens (tertiary/aromatic N) is 3. The summed E-state index contributed by atoms with van der Waals surface area (Å²) in [4.78, 5) is 9.10. The third-order valence-electron chi connectivity index (χ3n) is 4.25. The van der Waals surface area contributed by atoms with Crippen molar-refractivity contribution in [1.29, 1.82) is 0 Å². The van der Waals surface area contributed by atoms with Crippen molar-refractivity contribution >= 4 is 5.96 Å². The van der Waals surface area contributed by atoms with Crippen LogP contribution in [0, 0.1) is 5.41 Å². The van der Waals surface area contributed by atoms with Crippen molar-refractivity contribution in [3.8, 4) is 0 Å². The fourth-order valence-corrected chi connectivity index (χ4v) is 2.91. The van der Waals surface area contributed by atoms with Crippen LogP contribution < -0.4 is 5.32 Å². The molecule has 0 aliphatic carbocycles. The number of hydrogen-bond donors (Lipinski definition) is 1. The molecule has 0 spiro atoms. The highest BCUT2D eigenvalue weighted by Gasteiger charge is 2.30. The Morgan fingerprint density at radius 2 is 1.81 bits per heavy atom. The van der Waals surface area contributed by atoms with Crippen LogP contribution in [0.25, 0.3) is 0 Å². The van der Waals surface area contributed by atoms with Crippen molar-refractivity contribution < 1.29 is 0 Å². The van der Waals surface area contributed by atoms with Crippen LogP contribution >= 0.6 is 0 Å². The van der Waals surface area contributed by atoms with E-state index in [4.69, 9.17) is 0 Å². The summed E-state index contributed by atoms with van der Waals surface area (Å²) < 4.78 is 0. The second-order valence-electron chi connectivity index (χ2n) is 7.38. The quantitative estimate of drug-likeness (QED) is 0.424. The molecule has 1 rings (SSSR count). The molecule has 1 aliphatic rings. The molecule has 1 fully saturated rings. The zero-order valence-electron chi connectivity index (χ0n) is 14.9. The van der Waals surface area contributed by atoms with Gasteiger partial charge in [-0.3, -0.25) is 4.99 Å². The van der Waals surface area contributed by atoms with Crippen LogP contribution in [0.2, 0.25) is 0 Å². The lowest BCUT2D eigenvalue weighted by molar-refractivity contribution is 0.369. The third-order valence-corrected chi connectivity index (χ3v) is 4.25. The normalized spacial score (nSPS) is 18.6. The lowest BCUT2D eigenvalue weighted by Crippen LogP contribution is -2.41. The maximum absolute atomic E-state index is 4.43. The lowest BCUT2D eigenvalue weighted by atomic mass is 9.93. The van der Waals surface area contributed by atoms with Gasteiger partial charge in [0.1, 0.15) is 0 Å². The summed E-state index contributed by atoms with van der Waals surface area (Å²) >= 11 is 0. The minimum absolute atomic E-state index is 0.435. The second-order valence-corrected chi connectivity index (χ2v) is 7.38. The molecule has 21 heavy (non-hydrogen) atoms. The number of likely N-dealkylation sites (tertiary alicyclic amines) is 1. The standard InChI is InChI=1S/C17H36N4/c1-17(2)11-14-21(15-17)16(18-3)19-12-9-7-6-8-10-13-20(4)5/h6-15H2,1-5H3,(H,18,19). The van der Waals surface area contributed by atoms with Crippen LogP contribution in [0.1, 0.15) is 52.4 Å². The van der Waals surface area contributed by atoms with Crippen LogP contribution in [0.15, 0.2) is 4.99 Å². The van der Waals surface area contributed by atoms with E-state index in [9.17, 15) is 0 Å². The zero-order valence-corrected chi connectivity index (χ0v) is 14.9. The molecule has 0 atom stereocenters. The summed E-state index contributed by atoms with van der Waals surface area (Å²) in [5, 5.41) is 3.53. The van der Waals surface area contributed by atoms with Gasteiger partial charge < -0.3 is 15.1 Å². The Kier molecular flexibility index (Phi) is 8.09. The van der Waals surface area contributed by atoms with Gasteiger partial charge in [0.25, 0.3) is 0 Å². The van der Waals surface area contributed by atoms with Gasteiger partial charge in [-0.1, -0.05) is 33.1 Å². The van der Waals surface area contributed by atoms with Gasteiger partial charge in [0, 0.05) is 26.7 Å². The van der Waals surface area contributed by atoms with E-state index in [1.165, 1.54) is 45.1 Å². The van der Waals surface area contributed by atoms with Crippen molar-refractivity contribution in [2.45, 2.75) is 52.4 Å². The molecular formula is C17H36N4. The summed E-state index contributed by atoms with van der Waals surface area (Å²) in [5.74, 6) is 1.09. The van der Waals surface area contributed by atoms with Crippen LogP contribution in [0.3, 0.4) is 0 Å². The van der Waals surface area contributed by atoms with E-state index in [2.05, 4.69) is 48.1 Å². The van der Waals surface area contributed by atoms with Gasteiger partial charge in [0.15, 0.2) is 5.96 Å². The van der Waals surface area contributed by atoms with E-state index in [-0.39, 0.29) is 0 Å². The lowest BCUT2D eigenvalue weighted by Gasteiger charge is -2.23. The molecule has 0 radical (unpaired) electrons. The van der Waals surface area contributed by atoms with Crippen LogP contribution in [-0.4, -0.2) is 63.1 Å².